The smallest absolute Gasteiger partial charge is 0.228 e. The largest absolute Gasteiger partial charge is 0.399 e. The molecular formula is C20H24N2O. The minimum absolute atomic E-state index is 0.0701. The minimum Gasteiger partial charge on any atom is -0.399 e. The van der Waals surface area contributed by atoms with Crippen LogP contribution in [0.1, 0.15) is 48.8 Å². The Hall–Kier alpha value is -2.29. The van der Waals surface area contributed by atoms with Gasteiger partial charge < -0.3 is 11.1 Å². The quantitative estimate of drug-likeness (QED) is 0.820. The van der Waals surface area contributed by atoms with E-state index in [4.69, 9.17) is 5.73 Å². The van der Waals surface area contributed by atoms with E-state index in [2.05, 4.69) is 43.4 Å². The molecular weight excluding hydrogens is 284 g/mol. The summed E-state index contributed by atoms with van der Waals surface area (Å²) in [5.74, 6) is 1.05. The lowest BCUT2D eigenvalue weighted by Gasteiger charge is -2.10. The van der Waals surface area contributed by atoms with Gasteiger partial charge in [-0.15, -0.1) is 0 Å². The molecule has 1 aliphatic rings. The van der Waals surface area contributed by atoms with Gasteiger partial charge in [0.25, 0.3) is 0 Å². The fourth-order valence-electron chi connectivity index (χ4n) is 2.98. The molecule has 2 aromatic rings. The van der Waals surface area contributed by atoms with E-state index in [1.165, 1.54) is 11.1 Å². The number of anilines is 2. The lowest BCUT2D eigenvalue weighted by molar-refractivity contribution is -0.117. The number of rotatable bonds is 4. The van der Waals surface area contributed by atoms with Crippen LogP contribution in [0.5, 0.6) is 0 Å². The summed E-state index contributed by atoms with van der Waals surface area (Å²) in [7, 11) is 0. The van der Waals surface area contributed by atoms with E-state index in [1.54, 1.807) is 0 Å². The van der Waals surface area contributed by atoms with E-state index in [0.29, 0.717) is 17.5 Å². The number of aryl methyl sites for hydroxylation is 1. The second-order valence-corrected chi connectivity index (χ2v) is 6.83. The van der Waals surface area contributed by atoms with Gasteiger partial charge in [-0.25, -0.2) is 0 Å². The number of carbonyl (C=O) groups is 1. The van der Waals surface area contributed by atoms with Crippen molar-refractivity contribution in [1.29, 1.82) is 0 Å². The van der Waals surface area contributed by atoms with Crippen LogP contribution in [0, 0.1) is 12.8 Å². The van der Waals surface area contributed by atoms with E-state index in [1.807, 2.05) is 25.1 Å². The maximum absolute atomic E-state index is 12.4. The third-order valence-corrected chi connectivity index (χ3v) is 4.68. The summed E-state index contributed by atoms with van der Waals surface area (Å²) in [5.41, 5.74) is 10.9. The number of nitrogens with two attached hydrogens (primary N) is 1. The Morgan fingerprint density at radius 1 is 1.17 bits per heavy atom. The summed E-state index contributed by atoms with van der Waals surface area (Å²) in [4.78, 5) is 12.4. The fourth-order valence-corrected chi connectivity index (χ4v) is 2.98. The van der Waals surface area contributed by atoms with Crippen molar-refractivity contribution in [3.8, 4) is 0 Å². The fraction of sp³-hybridized carbons (Fsp3) is 0.350. The number of hydrogen-bond acceptors (Lipinski definition) is 2. The molecule has 3 N–H and O–H groups in total. The van der Waals surface area contributed by atoms with E-state index >= 15 is 0 Å². The van der Waals surface area contributed by atoms with Crippen molar-refractivity contribution in [3.63, 3.8) is 0 Å². The van der Waals surface area contributed by atoms with E-state index < -0.39 is 0 Å². The first-order valence-electron chi connectivity index (χ1n) is 8.22. The van der Waals surface area contributed by atoms with Crippen LogP contribution in [0.3, 0.4) is 0 Å². The van der Waals surface area contributed by atoms with Crippen LogP contribution >= 0.6 is 0 Å². The van der Waals surface area contributed by atoms with Crippen molar-refractivity contribution < 1.29 is 4.79 Å². The van der Waals surface area contributed by atoms with Gasteiger partial charge in [-0.2, -0.15) is 0 Å². The Bertz CT molecular complexity index is 719. The first-order valence-corrected chi connectivity index (χ1v) is 8.22. The van der Waals surface area contributed by atoms with Crippen molar-refractivity contribution in [2.24, 2.45) is 5.92 Å². The summed E-state index contributed by atoms with van der Waals surface area (Å²) in [5, 5.41) is 3.02. The molecule has 0 radical (unpaired) electrons. The van der Waals surface area contributed by atoms with Gasteiger partial charge in [0.2, 0.25) is 5.91 Å². The molecule has 2 aromatic carbocycles. The third kappa shape index (κ3) is 3.39. The summed E-state index contributed by atoms with van der Waals surface area (Å²) in [6.07, 6.45) is 0.925. The molecule has 2 unspecified atom stereocenters. The molecule has 0 saturated heterocycles. The van der Waals surface area contributed by atoms with Crippen LogP contribution in [-0.2, 0) is 4.79 Å². The maximum atomic E-state index is 12.4. The predicted molar refractivity (Wildman–Crippen MR) is 95.6 cm³/mol. The van der Waals surface area contributed by atoms with Gasteiger partial charge in [-0.1, -0.05) is 44.2 Å². The van der Waals surface area contributed by atoms with Crippen molar-refractivity contribution in [1.82, 2.24) is 0 Å². The van der Waals surface area contributed by atoms with E-state index in [9.17, 15) is 4.79 Å². The van der Waals surface area contributed by atoms with Crippen molar-refractivity contribution in [2.75, 3.05) is 11.1 Å². The molecule has 0 bridgehead atoms. The molecule has 1 amide bonds. The van der Waals surface area contributed by atoms with Gasteiger partial charge in [0.05, 0.1) is 0 Å². The number of hydrogen-bond donors (Lipinski definition) is 2. The van der Waals surface area contributed by atoms with Crippen LogP contribution in [0.4, 0.5) is 11.4 Å². The molecule has 0 spiro atoms. The average molecular weight is 308 g/mol. The highest BCUT2D eigenvalue weighted by Crippen LogP contribution is 2.48. The Balaban J connectivity index is 1.65. The molecule has 120 valence electrons. The van der Waals surface area contributed by atoms with Crippen LogP contribution in [0.2, 0.25) is 0 Å². The first kappa shape index (κ1) is 15.6. The zero-order valence-electron chi connectivity index (χ0n) is 14.0. The minimum atomic E-state index is 0.0701. The molecule has 3 nitrogen and oxygen atoms in total. The van der Waals surface area contributed by atoms with Crippen molar-refractivity contribution in [2.45, 2.75) is 39.0 Å². The van der Waals surface area contributed by atoms with E-state index in [-0.39, 0.29) is 11.8 Å². The van der Waals surface area contributed by atoms with Gasteiger partial charge in [-0.05, 0) is 54.0 Å². The molecule has 0 aliphatic heterocycles. The highest BCUT2D eigenvalue weighted by molar-refractivity contribution is 5.96. The molecule has 1 fully saturated rings. The van der Waals surface area contributed by atoms with Crippen LogP contribution in [0.25, 0.3) is 0 Å². The van der Waals surface area contributed by atoms with Crippen LogP contribution in [0.15, 0.2) is 42.5 Å². The number of nitrogens with one attached hydrogen (secondary N) is 1. The van der Waals surface area contributed by atoms with Crippen molar-refractivity contribution in [3.05, 3.63) is 59.2 Å². The van der Waals surface area contributed by atoms with Gasteiger partial charge in [-0.3, -0.25) is 4.79 Å². The lowest BCUT2D eigenvalue weighted by atomic mass is 10.00. The molecule has 0 aromatic heterocycles. The zero-order chi connectivity index (χ0) is 16.6. The highest BCUT2D eigenvalue weighted by atomic mass is 16.2. The summed E-state index contributed by atoms with van der Waals surface area (Å²) >= 11 is 0. The van der Waals surface area contributed by atoms with Gasteiger partial charge >= 0.3 is 0 Å². The van der Waals surface area contributed by atoms with Gasteiger partial charge in [0, 0.05) is 17.3 Å². The SMILES string of the molecule is Cc1ccc(N)cc1NC(=O)C1CC1c1ccc(C(C)C)cc1. The molecule has 3 rings (SSSR count). The number of nitrogen functional groups attached to an aromatic ring is 1. The Labute approximate surface area is 137 Å². The summed E-state index contributed by atoms with van der Waals surface area (Å²) < 4.78 is 0. The molecule has 1 aliphatic carbocycles. The summed E-state index contributed by atoms with van der Waals surface area (Å²) in [6, 6.07) is 14.3. The topological polar surface area (TPSA) is 55.1 Å². The molecule has 1 saturated carbocycles. The third-order valence-electron chi connectivity index (χ3n) is 4.68. The first-order chi connectivity index (χ1) is 11.0. The molecule has 3 heteroatoms. The number of carbonyl (C=O) groups excluding carboxylic acids is 1. The number of benzene rings is 2. The normalized spacial score (nSPS) is 19.7. The van der Waals surface area contributed by atoms with E-state index in [0.717, 1.165) is 17.7 Å². The Morgan fingerprint density at radius 3 is 2.52 bits per heavy atom. The van der Waals surface area contributed by atoms with Crippen LogP contribution < -0.4 is 11.1 Å². The second kappa shape index (κ2) is 6.07. The zero-order valence-corrected chi connectivity index (χ0v) is 14.0. The maximum Gasteiger partial charge on any atom is 0.228 e. The Kier molecular flexibility index (Phi) is 4.12. The highest BCUT2D eigenvalue weighted by Gasteiger charge is 2.43. The molecule has 2 atom stereocenters. The summed E-state index contributed by atoms with van der Waals surface area (Å²) in [6.45, 7) is 6.36. The monoisotopic (exact) mass is 308 g/mol. The van der Waals surface area contributed by atoms with Crippen molar-refractivity contribution >= 4 is 17.3 Å². The Morgan fingerprint density at radius 2 is 1.87 bits per heavy atom. The molecule has 0 heterocycles. The molecule has 23 heavy (non-hydrogen) atoms. The van der Waals surface area contributed by atoms with Gasteiger partial charge in [0.1, 0.15) is 0 Å². The van der Waals surface area contributed by atoms with Crippen LogP contribution in [-0.4, -0.2) is 5.91 Å². The lowest BCUT2D eigenvalue weighted by Crippen LogP contribution is -2.15. The van der Waals surface area contributed by atoms with Gasteiger partial charge in [0.15, 0.2) is 0 Å². The second-order valence-electron chi connectivity index (χ2n) is 6.83. The average Bonchev–Trinajstić information content (AvgIpc) is 3.31. The predicted octanol–water partition coefficient (Wildman–Crippen LogP) is 4.44. The standard InChI is InChI=1S/C20H24N2O/c1-12(2)14-5-7-15(8-6-14)17-11-18(17)20(23)22-19-10-16(21)9-4-13(19)3/h4-10,12,17-18H,11,21H2,1-3H3,(H,22,23). The number of amides is 1.